The van der Waals surface area contributed by atoms with Crippen molar-refractivity contribution < 1.29 is 8.42 Å². The summed E-state index contributed by atoms with van der Waals surface area (Å²) in [5.74, 6) is 0.840. The van der Waals surface area contributed by atoms with Gasteiger partial charge in [-0.25, -0.2) is 0 Å². The van der Waals surface area contributed by atoms with E-state index < -0.39 is 9.24 Å². The van der Waals surface area contributed by atoms with Crippen molar-refractivity contribution in [3.05, 3.63) is 0 Å². The molecule has 0 aromatic heterocycles. The normalized spacial score (nSPS) is 34.5. The molecule has 1 heterocycles. The van der Waals surface area contributed by atoms with Gasteiger partial charge >= 0.3 is 0 Å². The molecular formula is C6H12ClNO2S. The zero-order valence-corrected chi connectivity index (χ0v) is 8.19. The standard InChI is InChI=1S/C6H12ClNO2S/c1-5-3-8(4-6(5)2)11(7,9)10/h5-6H,3-4H2,1-2H3. The van der Waals surface area contributed by atoms with Crippen LogP contribution < -0.4 is 0 Å². The van der Waals surface area contributed by atoms with Crippen LogP contribution in [0.15, 0.2) is 0 Å². The largest absolute Gasteiger partial charge is 0.299 e. The van der Waals surface area contributed by atoms with Crippen LogP contribution in [-0.2, 0) is 9.24 Å². The van der Waals surface area contributed by atoms with Crippen molar-refractivity contribution in [1.29, 1.82) is 0 Å². The van der Waals surface area contributed by atoms with Crippen LogP contribution in [0, 0.1) is 11.8 Å². The predicted octanol–water partition coefficient (Wildman–Crippen LogP) is 1.06. The highest BCUT2D eigenvalue weighted by molar-refractivity contribution is 8.11. The maximum Gasteiger partial charge on any atom is 0.299 e. The molecule has 1 aliphatic rings. The number of hydrogen-bond acceptors (Lipinski definition) is 2. The quantitative estimate of drug-likeness (QED) is 0.590. The lowest BCUT2D eigenvalue weighted by Gasteiger charge is -2.08. The number of halogens is 1. The summed E-state index contributed by atoms with van der Waals surface area (Å²) in [5.41, 5.74) is 0. The third-order valence-corrected chi connectivity index (χ3v) is 3.76. The number of nitrogens with zero attached hydrogens (tertiary/aromatic N) is 1. The molecule has 0 aromatic carbocycles. The van der Waals surface area contributed by atoms with Gasteiger partial charge in [-0.05, 0) is 11.8 Å². The Kier molecular flexibility index (Phi) is 2.46. The van der Waals surface area contributed by atoms with Gasteiger partial charge in [0.05, 0.1) is 0 Å². The lowest BCUT2D eigenvalue weighted by atomic mass is 10.0. The Hall–Kier alpha value is 0.200. The second-order valence-corrected chi connectivity index (χ2v) is 5.72. The zero-order chi connectivity index (χ0) is 8.65. The van der Waals surface area contributed by atoms with Gasteiger partial charge in [0, 0.05) is 23.8 Å². The summed E-state index contributed by atoms with van der Waals surface area (Å²) in [5, 5.41) is 0. The highest BCUT2D eigenvalue weighted by atomic mass is 35.7. The van der Waals surface area contributed by atoms with Crippen LogP contribution in [0.3, 0.4) is 0 Å². The molecule has 0 N–H and O–H groups in total. The van der Waals surface area contributed by atoms with Crippen molar-refractivity contribution in [3.63, 3.8) is 0 Å². The van der Waals surface area contributed by atoms with Crippen molar-refractivity contribution in [2.24, 2.45) is 11.8 Å². The molecule has 0 bridgehead atoms. The van der Waals surface area contributed by atoms with Crippen LogP contribution in [0.5, 0.6) is 0 Å². The smallest absolute Gasteiger partial charge is 0.195 e. The maximum absolute atomic E-state index is 10.8. The highest BCUT2D eigenvalue weighted by Crippen LogP contribution is 2.25. The Morgan fingerprint density at radius 2 is 1.64 bits per heavy atom. The lowest BCUT2D eigenvalue weighted by molar-refractivity contribution is 0.477. The maximum atomic E-state index is 10.8. The van der Waals surface area contributed by atoms with E-state index in [1.807, 2.05) is 13.8 Å². The van der Waals surface area contributed by atoms with Gasteiger partial charge < -0.3 is 0 Å². The number of rotatable bonds is 1. The molecule has 0 aliphatic carbocycles. The Bertz CT molecular complexity index is 229. The highest BCUT2D eigenvalue weighted by Gasteiger charge is 2.32. The summed E-state index contributed by atoms with van der Waals surface area (Å²) in [6, 6.07) is 0. The van der Waals surface area contributed by atoms with Crippen molar-refractivity contribution in [1.82, 2.24) is 4.31 Å². The minimum atomic E-state index is -3.46. The van der Waals surface area contributed by atoms with E-state index in [1.54, 1.807) is 0 Å². The van der Waals surface area contributed by atoms with Gasteiger partial charge in [-0.15, -0.1) is 0 Å². The molecule has 0 amide bonds. The van der Waals surface area contributed by atoms with Gasteiger partial charge in [-0.3, -0.25) is 0 Å². The van der Waals surface area contributed by atoms with Crippen molar-refractivity contribution in [2.45, 2.75) is 13.8 Å². The third-order valence-electron chi connectivity index (χ3n) is 2.26. The van der Waals surface area contributed by atoms with Gasteiger partial charge in [0.2, 0.25) is 0 Å². The summed E-state index contributed by atoms with van der Waals surface area (Å²) in [6.45, 7) is 5.19. The molecule has 11 heavy (non-hydrogen) atoms. The molecule has 2 atom stereocenters. The average molecular weight is 198 g/mol. The fourth-order valence-corrected chi connectivity index (χ4v) is 2.42. The summed E-state index contributed by atoms with van der Waals surface area (Å²) in [7, 11) is 1.71. The number of hydrogen-bond donors (Lipinski definition) is 0. The van der Waals surface area contributed by atoms with Gasteiger partial charge in [-0.1, -0.05) is 13.8 Å². The second-order valence-electron chi connectivity index (χ2n) is 3.21. The van der Waals surface area contributed by atoms with Gasteiger partial charge in [0.15, 0.2) is 0 Å². The molecule has 0 aromatic rings. The van der Waals surface area contributed by atoms with E-state index >= 15 is 0 Å². The van der Waals surface area contributed by atoms with E-state index in [9.17, 15) is 8.42 Å². The first-order chi connectivity index (χ1) is 4.91. The molecule has 1 rings (SSSR count). The monoisotopic (exact) mass is 197 g/mol. The second kappa shape index (κ2) is 2.92. The van der Waals surface area contributed by atoms with Crippen LogP contribution in [0.2, 0.25) is 0 Å². The Labute approximate surface area is 71.9 Å². The summed E-state index contributed by atoms with van der Waals surface area (Å²) < 4.78 is 23.0. The van der Waals surface area contributed by atoms with E-state index in [2.05, 4.69) is 0 Å². The van der Waals surface area contributed by atoms with Crippen LogP contribution in [0.4, 0.5) is 0 Å². The molecule has 0 spiro atoms. The third kappa shape index (κ3) is 2.07. The van der Waals surface area contributed by atoms with Gasteiger partial charge in [-0.2, -0.15) is 12.7 Å². The molecule has 66 valence electrons. The molecule has 0 saturated carbocycles. The van der Waals surface area contributed by atoms with E-state index in [0.717, 1.165) is 0 Å². The lowest BCUT2D eigenvalue weighted by Crippen LogP contribution is -2.24. The van der Waals surface area contributed by atoms with Crippen molar-refractivity contribution in [2.75, 3.05) is 13.1 Å². The van der Waals surface area contributed by atoms with Gasteiger partial charge in [0.1, 0.15) is 0 Å². The summed E-state index contributed by atoms with van der Waals surface area (Å²) in [6.07, 6.45) is 0. The Balaban J connectivity index is 2.69. The molecule has 1 aliphatic heterocycles. The van der Waals surface area contributed by atoms with Crippen LogP contribution in [0.25, 0.3) is 0 Å². The first-order valence-corrected chi connectivity index (χ1v) is 5.87. The van der Waals surface area contributed by atoms with E-state index in [1.165, 1.54) is 4.31 Å². The van der Waals surface area contributed by atoms with Crippen LogP contribution >= 0.6 is 10.7 Å². The first kappa shape index (κ1) is 9.29. The molecule has 1 fully saturated rings. The minimum Gasteiger partial charge on any atom is -0.195 e. The first-order valence-electron chi connectivity index (χ1n) is 3.61. The average Bonchev–Trinajstić information content (AvgIpc) is 2.11. The van der Waals surface area contributed by atoms with E-state index in [0.29, 0.717) is 24.9 Å². The molecule has 5 heteroatoms. The zero-order valence-electron chi connectivity index (χ0n) is 6.62. The van der Waals surface area contributed by atoms with Crippen molar-refractivity contribution in [3.8, 4) is 0 Å². The topological polar surface area (TPSA) is 37.4 Å². The molecule has 2 unspecified atom stereocenters. The fraction of sp³-hybridized carbons (Fsp3) is 1.00. The SMILES string of the molecule is CC1CN(S(=O)(=O)Cl)CC1C. The minimum absolute atomic E-state index is 0.420. The molecular weight excluding hydrogens is 186 g/mol. The Morgan fingerprint density at radius 3 is 1.82 bits per heavy atom. The molecule has 1 saturated heterocycles. The van der Waals surface area contributed by atoms with Gasteiger partial charge in [0.25, 0.3) is 9.24 Å². The molecule has 0 radical (unpaired) electrons. The Morgan fingerprint density at radius 1 is 1.27 bits per heavy atom. The fourth-order valence-electron chi connectivity index (χ4n) is 1.25. The van der Waals surface area contributed by atoms with Crippen molar-refractivity contribution >= 4 is 19.9 Å². The van der Waals surface area contributed by atoms with Crippen LogP contribution in [0.1, 0.15) is 13.8 Å². The summed E-state index contributed by atoms with van der Waals surface area (Å²) >= 11 is 0. The van der Waals surface area contributed by atoms with Crippen LogP contribution in [-0.4, -0.2) is 25.8 Å². The van der Waals surface area contributed by atoms with E-state index in [-0.39, 0.29) is 0 Å². The molecule has 3 nitrogen and oxygen atoms in total. The summed E-state index contributed by atoms with van der Waals surface area (Å²) in [4.78, 5) is 0. The predicted molar refractivity (Wildman–Crippen MR) is 44.7 cm³/mol. The van der Waals surface area contributed by atoms with E-state index in [4.69, 9.17) is 10.7 Å².